The highest BCUT2D eigenvalue weighted by Crippen LogP contribution is 2.24. The number of aliphatic hydroxyl groups is 1. The molecular weight excluding hydrogens is 334 g/mol. The number of nitriles is 1. The van der Waals surface area contributed by atoms with Crippen LogP contribution in [-0.2, 0) is 13.2 Å². The average Bonchev–Trinajstić information content (AvgIpc) is 2.53. The van der Waals surface area contributed by atoms with Crippen molar-refractivity contribution in [1.29, 1.82) is 5.26 Å². The second-order valence-electron chi connectivity index (χ2n) is 4.35. The van der Waals surface area contributed by atoms with Crippen LogP contribution in [0.3, 0.4) is 0 Å². The van der Waals surface area contributed by atoms with Gasteiger partial charge in [-0.15, -0.1) is 0 Å². The van der Waals surface area contributed by atoms with Gasteiger partial charge in [0, 0.05) is 4.47 Å². The molecule has 0 unspecified atom stereocenters. The first-order valence-corrected chi connectivity index (χ1v) is 7.06. The Balaban J connectivity index is 2.11. The molecule has 0 spiro atoms. The van der Waals surface area contributed by atoms with E-state index in [4.69, 9.17) is 14.7 Å². The lowest BCUT2D eigenvalue weighted by Gasteiger charge is -2.10. The number of nitrogens with zero attached hydrogens (tertiary/aromatic N) is 1. The number of rotatable bonds is 5. The SMILES string of the molecule is COc1ccc(COc2ccc(Br)c(CO)c2)cc1C#N. The molecule has 0 saturated carbocycles. The van der Waals surface area contributed by atoms with Crippen LogP contribution < -0.4 is 9.47 Å². The van der Waals surface area contributed by atoms with E-state index in [-0.39, 0.29) is 6.61 Å². The number of ether oxygens (including phenoxy) is 2. The van der Waals surface area contributed by atoms with Crippen molar-refractivity contribution in [3.05, 3.63) is 57.6 Å². The lowest BCUT2D eigenvalue weighted by molar-refractivity contribution is 0.277. The van der Waals surface area contributed by atoms with Crippen molar-refractivity contribution in [3.8, 4) is 17.6 Å². The third-order valence-corrected chi connectivity index (χ3v) is 3.75. The Bertz CT molecular complexity index is 680. The van der Waals surface area contributed by atoms with Gasteiger partial charge < -0.3 is 14.6 Å². The van der Waals surface area contributed by atoms with Crippen molar-refractivity contribution in [2.75, 3.05) is 7.11 Å². The van der Waals surface area contributed by atoms with Gasteiger partial charge in [0.1, 0.15) is 24.2 Å². The minimum Gasteiger partial charge on any atom is -0.495 e. The first kappa shape index (κ1) is 15.4. The van der Waals surface area contributed by atoms with E-state index in [9.17, 15) is 5.11 Å². The summed E-state index contributed by atoms with van der Waals surface area (Å²) in [6.07, 6.45) is 0. The molecule has 5 heteroatoms. The Morgan fingerprint density at radius 2 is 2.05 bits per heavy atom. The van der Waals surface area contributed by atoms with Crippen LogP contribution in [-0.4, -0.2) is 12.2 Å². The molecule has 2 aromatic carbocycles. The Hall–Kier alpha value is -2.03. The molecule has 21 heavy (non-hydrogen) atoms. The molecule has 0 amide bonds. The first-order valence-electron chi connectivity index (χ1n) is 6.27. The summed E-state index contributed by atoms with van der Waals surface area (Å²) in [4.78, 5) is 0. The van der Waals surface area contributed by atoms with Gasteiger partial charge >= 0.3 is 0 Å². The molecule has 0 atom stereocenters. The minimum absolute atomic E-state index is 0.0566. The van der Waals surface area contributed by atoms with E-state index in [0.29, 0.717) is 23.7 Å². The molecule has 2 rings (SSSR count). The zero-order valence-corrected chi connectivity index (χ0v) is 13.1. The maximum absolute atomic E-state index is 9.22. The largest absolute Gasteiger partial charge is 0.495 e. The Morgan fingerprint density at radius 1 is 1.24 bits per heavy atom. The van der Waals surface area contributed by atoms with Crippen molar-refractivity contribution in [3.63, 3.8) is 0 Å². The number of methoxy groups -OCH3 is 1. The molecule has 0 saturated heterocycles. The summed E-state index contributed by atoms with van der Waals surface area (Å²) in [5.74, 6) is 1.21. The van der Waals surface area contributed by atoms with Gasteiger partial charge in [0.2, 0.25) is 0 Å². The van der Waals surface area contributed by atoms with Crippen LogP contribution in [0.5, 0.6) is 11.5 Å². The molecule has 108 valence electrons. The summed E-state index contributed by atoms with van der Waals surface area (Å²) in [5, 5.41) is 18.3. The summed E-state index contributed by atoms with van der Waals surface area (Å²) >= 11 is 3.36. The van der Waals surface area contributed by atoms with Gasteiger partial charge in [-0.05, 0) is 41.5 Å². The van der Waals surface area contributed by atoms with Crippen molar-refractivity contribution in [2.45, 2.75) is 13.2 Å². The summed E-state index contributed by atoms with van der Waals surface area (Å²) in [5.41, 5.74) is 2.12. The van der Waals surface area contributed by atoms with E-state index in [0.717, 1.165) is 15.6 Å². The van der Waals surface area contributed by atoms with Crippen molar-refractivity contribution in [1.82, 2.24) is 0 Å². The Labute approximate surface area is 131 Å². The summed E-state index contributed by atoms with van der Waals surface area (Å²) in [7, 11) is 1.53. The van der Waals surface area contributed by atoms with Crippen LogP contribution in [0.15, 0.2) is 40.9 Å². The van der Waals surface area contributed by atoms with E-state index in [1.54, 1.807) is 18.2 Å². The maximum atomic E-state index is 9.22. The fraction of sp³-hybridized carbons (Fsp3) is 0.188. The van der Waals surface area contributed by atoms with Gasteiger partial charge in [0.15, 0.2) is 0 Å². The van der Waals surface area contributed by atoms with Crippen molar-refractivity contribution in [2.24, 2.45) is 0 Å². The molecule has 0 aliphatic carbocycles. The highest BCUT2D eigenvalue weighted by molar-refractivity contribution is 9.10. The van der Waals surface area contributed by atoms with Crippen LogP contribution in [0.25, 0.3) is 0 Å². The summed E-state index contributed by atoms with van der Waals surface area (Å²) < 4.78 is 11.6. The van der Waals surface area contributed by atoms with E-state index in [1.165, 1.54) is 7.11 Å². The van der Waals surface area contributed by atoms with E-state index < -0.39 is 0 Å². The van der Waals surface area contributed by atoms with Crippen LogP contribution in [0.2, 0.25) is 0 Å². The molecule has 0 fully saturated rings. The molecule has 2 aromatic rings. The number of halogens is 1. The molecule has 0 aliphatic heterocycles. The van der Waals surface area contributed by atoms with Gasteiger partial charge in [0.25, 0.3) is 0 Å². The first-order chi connectivity index (χ1) is 10.2. The lowest BCUT2D eigenvalue weighted by Crippen LogP contribution is -1.98. The second-order valence-corrected chi connectivity index (χ2v) is 5.20. The van der Waals surface area contributed by atoms with Crippen molar-refractivity contribution >= 4 is 15.9 Å². The number of aliphatic hydroxyl groups excluding tert-OH is 1. The van der Waals surface area contributed by atoms with Gasteiger partial charge in [-0.1, -0.05) is 22.0 Å². The molecule has 0 aliphatic rings. The number of benzene rings is 2. The summed E-state index contributed by atoms with van der Waals surface area (Å²) in [6.45, 7) is 0.282. The van der Waals surface area contributed by atoms with E-state index in [1.807, 2.05) is 18.2 Å². The predicted molar refractivity (Wildman–Crippen MR) is 82.1 cm³/mol. The third kappa shape index (κ3) is 3.75. The zero-order valence-electron chi connectivity index (χ0n) is 11.5. The molecular formula is C16H14BrNO3. The van der Waals surface area contributed by atoms with Gasteiger partial charge in [0.05, 0.1) is 19.3 Å². The molecule has 0 bridgehead atoms. The van der Waals surface area contributed by atoms with Crippen LogP contribution >= 0.6 is 15.9 Å². The smallest absolute Gasteiger partial charge is 0.136 e. The second kappa shape index (κ2) is 7.11. The summed E-state index contributed by atoms with van der Waals surface area (Å²) in [6, 6.07) is 12.9. The third-order valence-electron chi connectivity index (χ3n) is 2.98. The van der Waals surface area contributed by atoms with Crippen LogP contribution in [0, 0.1) is 11.3 Å². The van der Waals surface area contributed by atoms with Crippen LogP contribution in [0.1, 0.15) is 16.7 Å². The van der Waals surface area contributed by atoms with Gasteiger partial charge in [-0.3, -0.25) is 0 Å². The molecule has 4 nitrogen and oxygen atoms in total. The quantitative estimate of drug-likeness (QED) is 0.900. The number of hydrogen-bond donors (Lipinski definition) is 1. The fourth-order valence-electron chi connectivity index (χ4n) is 1.86. The molecule has 1 N–H and O–H groups in total. The maximum Gasteiger partial charge on any atom is 0.136 e. The lowest BCUT2D eigenvalue weighted by atomic mass is 10.1. The number of hydrogen-bond acceptors (Lipinski definition) is 4. The highest BCUT2D eigenvalue weighted by atomic mass is 79.9. The topological polar surface area (TPSA) is 62.5 Å². The van der Waals surface area contributed by atoms with Crippen molar-refractivity contribution < 1.29 is 14.6 Å². The predicted octanol–water partition coefficient (Wildman–Crippen LogP) is 3.40. The highest BCUT2D eigenvalue weighted by Gasteiger charge is 2.05. The van der Waals surface area contributed by atoms with Crippen LogP contribution in [0.4, 0.5) is 0 Å². The van der Waals surface area contributed by atoms with Gasteiger partial charge in [-0.25, -0.2) is 0 Å². The zero-order chi connectivity index (χ0) is 15.2. The standard InChI is InChI=1S/C16H14BrNO3/c1-20-16-5-2-11(6-12(16)8-18)10-21-14-3-4-15(17)13(7-14)9-19/h2-7,19H,9-10H2,1H3. The Morgan fingerprint density at radius 3 is 2.71 bits per heavy atom. The van der Waals surface area contributed by atoms with E-state index >= 15 is 0 Å². The molecule has 0 aromatic heterocycles. The Kier molecular flexibility index (Phi) is 5.20. The monoisotopic (exact) mass is 347 g/mol. The van der Waals surface area contributed by atoms with E-state index in [2.05, 4.69) is 22.0 Å². The van der Waals surface area contributed by atoms with Gasteiger partial charge in [-0.2, -0.15) is 5.26 Å². The minimum atomic E-state index is -0.0566. The normalized spacial score (nSPS) is 10.0. The fourth-order valence-corrected chi connectivity index (χ4v) is 2.23. The molecule has 0 radical (unpaired) electrons. The molecule has 0 heterocycles. The average molecular weight is 348 g/mol.